The normalized spacial score (nSPS) is 10.1. The highest BCUT2D eigenvalue weighted by molar-refractivity contribution is 5.95. The van der Waals surface area contributed by atoms with Gasteiger partial charge in [-0.3, -0.25) is 4.79 Å². The van der Waals surface area contributed by atoms with E-state index >= 15 is 0 Å². The first-order valence-corrected chi connectivity index (χ1v) is 7.80. The summed E-state index contributed by atoms with van der Waals surface area (Å²) in [5.41, 5.74) is 1.71. The summed E-state index contributed by atoms with van der Waals surface area (Å²) in [5, 5.41) is 2.92. The molecule has 0 aliphatic carbocycles. The Labute approximate surface area is 142 Å². The summed E-state index contributed by atoms with van der Waals surface area (Å²) in [6.45, 7) is 0.593. The van der Waals surface area contributed by atoms with Crippen LogP contribution in [0.5, 0.6) is 17.2 Å². The predicted octanol–water partition coefficient (Wildman–Crippen LogP) is 3.08. The van der Waals surface area contributed by atoms with Crippen LogP contribution in [0.4, 0.5) is 0 Å². The zero-order valence-electron chi connectivity index (χ0n) is 14.3. The average Bonchev–Trinajstić information content (AvgIpc) is 2.64. The fraction of sp³-hybridized carbons (Fsp3) is 0.316. The van der Waals surface area contributed by atoms with Crippen molar-refractivity contribution in [3.05, 3.63) is 53.6 Å². The van der Waals surface area contributed by atoms with Crippen molar-refractivity contribution >= 4 is 5.91 Å². The van der Waals surface area contributed by atoms with Crippen LogP contribution in [0.25, 0.3) is 0 Å². The summed E-state index contributed by atoms with van der Waals surface area (Å²) in [5.74, 6) is 1.89. The molecule has 0 unspecified atom stereocenters. The fourth-order valence-electron chi connectivity index (χ4n) is 2.36. The minimum atomic E-state index is -0.141. The number of rotatable bonds is 8. The van der Waals surface area contributed by atoms with Crippen molar-refractivity contribution in [1.29, 1.82) is 0 Å². The molecule has 0 aliphatic heterocycles. The maximum absolute atomic E-state index is 12.3. The Hall–Kier alpha value is -2.69. The molecular weight excluding hydrogens is 306 g/mol. The largest absolute Gasteiger partial charge is 0.497 e. The van der Waals surface area contributed by atoms with E-state index in [0.717, 1.165) is 18.6 Å². The second-order valence-electron chi connectivity index (χ2n) is 5.31. The molecular formula is C19H23NO4. The molecule has 0 radical (unpaired) electrons. The second-order valence-corrected chi connectivity index (χ2v) is 5.31. The Morgan fingerprint density at radius 3 is 2.21 bits per heavy atom. The molecule has 2 rings (SSSR count). The van der Waals surface area contributed by atoms with E-state index in [1.807, 2.05) is 18.2 Å². The van der Waals surface area contributed by atoms with Gasteiger partial charge in [-0.25, -0.2) is 0 Å². The zero-order chi connectivity index (χ0) is 17.4. The van der Waals surface area contributed by atoms with Gasteiger partial charge in [0.15, 0.2) is 0 Å². The van der Waals surface area contributed by atoms with E-state index in [4.69, 9.17) is 14.2 Å². The van der Waals surface area contributed by atoms with E-state index in [0.29, 0.717) is 23.6 Å². The molecule has 0 heterocycles. The third kappa shape index (κ3) is 4.91. The van der Waals surface area contributed by atoms with Gasteiger partial charge in [0.05, 0.1) is 21.3 Å². The number of carbonyl (C=O) groups excluding carboxylic acids is 1. The maximum Gasteiger partial charge on any atom is 0.251 e. The fourth-order valence-corrected chi connectivity index (χ4v) is 2.36. The van der Waals surface area contributed by atoms with Gasteiger partial charge in [0.1, 0.15) is 17.2 Å². The van der Waals surface area contributed by atoms with Gasteiger partial charge in [0.25, 0.3) is 5.91 Å². The van der Waals surface area contributed by atoms with Crippen molar-refractivity contribution < 1.29 is 19.0 Å². The molecule has 2 aromatic rings. The van der Waals surface area contributed by atoms with Crippen molar-refractivity contribution in [3.63, 3.8) is 0 Å². The molecule has 0 aromatic heterocycles. The van der Waals surface area contributed by atoms with Gasteiger partial charge in [-0.2, -0.15) is 0 Å². The Morgan fingerprint density at radius 1 is 0.917 bits per heavy atom. The first-order chi connectivity index (χ1) is 11.7. The Balaban J connectivity index is 1.86. The molecule has 0 atom stereocenters. The van der Waals surface area contributed by atoms with Gasteiger partial charge < -0.3 is 19.5 Å². The lowest BCUT2D eigenvalue weighted by atomic mass is 10.1. The van der Waals surface area contributed by atoms with E-state index < -0.39 is 0 Å². The Bertz CT molecular complexity index is 663. The molecule has 0 saturated heterocycles. The lowest BCUT2D eigenvalue weighted by Gasteiger charge is -2.09. The van der Waals surface area contributed by atoms with Crippen LogP contribution in [0, 0.1) is 0 Å². The summed E-state index contributed by atoms with van der Waals surface area (Å²) in [6, 6.07) is 13.1. The lowest BCUT2D eigenvalue weighted by molar-refractivity contribution is 0.0952. The summed E-state index contributed by atoms with van der Waals surface area (Å²) in [4.78, 5) is 12.3. The maximum atomic E-state index is 12.3. The van der Waals surface area contributed by atoms with Crippen LogP contribution in [-0.4, -0.2) is 33.8 Å². The number of carbonyl (C=O) groups is 1. The Kier molecular flexibility index (Phi) is 6.49. The van der Waals surface area contributed by atoms with Gasteiger partial charge in [-0.15, -0.1) is 0 Å². The van der Waals surface area contributed by atoms with Crippen LogP contribution >= 0.6 is 0 Å². The number of methoxy groups -OCH3 is 3. The van der Waals surface area contributed by atoms with Crippen molar-refractivity contribution in [2.45, 2.75) is 12.8 Å². The van der Waals surface area contributed by atoms with E-state index in [-0.39, 0.29) is 5.91 Å². The lowest BCUT2D eigenvalue weighted by Crippen LogP contribution is -2.24. The van der Waals surface area contributed by atoms with Crippen LogP contribution in [0.1, 0.15) is 22.3 Å². The van der Waals surface area contributed by atoms with Gasteiger partial charge in [0.2, 0.25) is 0 Å². The van der Waals surface area contributed by atoms with E-state index in [2.05, 4.69) is 11.4 Å². The van der Waals surface area contributed by atoms with Crippen molar-refractivity contribution in [2.24, 2.45) is 0 Å². The average molecular weight is 329 g/mol. The first kappa shape index (κ1) is 17.7. The highest BCUT2D eigenvalue weighted by Crippen LogP contribution is 2.22. The SMILES string of the molecule is COc1cccc(CCCNC(=O)c2cc(OC)cc(OC)c2)c1. The number of amides is 1. The minimum absolute atomic E-state index is 0.141. The molecule has 0 fully saturated rings. The molecule has 0 saturated carbocycles. The number of benzene rings is 2. The van der Waals surface area contributed by atoms with Gasteiger partial charge in [-0.05, 0) is 42.7 Å². The molecule has 128 valence electrons. The van der Waals surface area contributed by atoms with Crippen LogP contribution < -0.4 is 19.5 Å². The quantitative estimate of drug-likeness (QED) is 0.756. The minimum Gasteiger partial charge on any atom is -0.497 e. The van der Waals surface area contributed by atoms with E-state index in [1.165, 1.54) is 5.56 Å². The molecule has 0 bridgehead atoms. The number of hydrogen-bond acceptors (Lipinski definition) is 4. The molecule has 5 heteroatoms. The summed E-state index contributed by atoms with van der Waals surface area (Å²) < 4.78 is 15.6. The molecule has 0 aliphatic rings. The predicted molar refractivity (Wildman–Crippen MR) is 93.2 cm³/mol. The molecule has 1 N–H and O–H groups in total. The second kappa shape index (κ2) is 8.82. The van der Waals surface area contributed by atoms with Crippen LogP contribution in [0.15, 0.2) is 42.5 Å². The highest BCUT2D eigenvalue weighted by atomic mass is 16.5. The summed E-state index contributed by atoms with van der Waals surface area (Å²) in [7, 11) is 4.77. The summed E-state index contributed by atoms with van der Waals surface area (Å²) >= 11 is 0. The van der Waals surface area contributed by atoms with Crippen LogP contribution in [-0.2, 0) is 6.42 Å². The standard InChI is InChI=1S/C19H23NO4/c1-22-16-8-4-6-14(10-16)7-5-9-20-19(21)15-11-17(23-2)13-18(12-15)24-3/h4,6,8,10-13H,5,7,9H2,1-3H3,(H,20,21). The van der Waals surface area contributed by atoms with Crippen molar-refractivity contribution in [2.75, 3.05) is 27.9 Å². The monoisotopic (exact) mass is 329 g/mol. The van der Waals surface area contributed by atoms with E-state index in [1.54, 1.807) is 39.5 Å². The van der Waals surface area contributed by atoms with Crippen LogP contribution in [0.2, 0.25) is 0 Å². The van der Waals surface area contributed by atoms with Gasteiger partial charge in [-0.1, -0.05) is 12.1 Å². The molecule has 2 aromatic carbocycles. The number of hydrogen-bond donors (Lipinski definition) is 1. The highest BCUT2D eigenvalue weighted by Gasteiger charge is 2.09. The number of aryl methyl sites for hydroxylation is 1. The molecule has 5 nitrogen and oxygen atoms in total. The first-order valence-electron chi connectivity index (χ1n) is 7.80. The number of ether oxygens (including phenoxy) is 3. The third-order valence-electron chi connectivity index (χ3n) is 3.68. The Morgan fingerprint density at radius 2 is 1.58 bits per heavy atom. The van der Waals surface area contributed by atoms with E-state index in [9.17, 15) is 4.79 Å². The molecule has 0 spiro atoms. The van der Waals surface area contributed by atoms with Crippen molar-refractivity contribution in [1.82, 2.24) is 5.32 Å². The third-order valence-corrected chi connectivity index (χ3v) is 3.68. The smallest absolute Gasteiger partial charge is 0.251 e. The topological polar surface area (TPSA) is 56.8 Å². The van der Waals surface area contributed by atoms with Crippen LogP contribution in [0.3, 0.4) is 0 Å². The van der Waals surface area contributed by atoms with Crippen molar-refractivity contribution in [3.8, 4) is 17.2 Å². The zero-order valence-corrected chi connectivity index (χ0v) is 14.3. The van der Waals surface area contributed by atoms with Gasteiger partial charge >= 0.3 is 0 Å². The number of nitrogens with one attached hydrogen (secondary N) is 1. The van der Waals surface area contributed by atoms with Gasteiger partial charge in [0, 0.05) is 18.2 Å². The molecule has 1 amide bonds. The summed E-state index contributed by atoms with van der Waals surface area (Å²) in [6.07, 6.45) is 1.72. The molecule has 24 heavy (non-hydrogen) atoms.